The monoisotopic (exact) mass is 499 g/mol. The molecule has 0 radical (unpaired) electrons. The van der Waals surface area contributed by atoms with Crippen molar-refractivity contribution >= 4 is 35.1 Å². The Morgan fingerprint density at radius 2 is 1.75 bits per heavy atom. The number of fused-ring (bicyclic) bond motifs is 3. The van der Waals surface area contributed by atoms with E-state index in [0.717, 1.165) is 24.2 Å². The smallest absolute Gasteiger partial charge is 0.341 e. The van der Waals surface area contributed by atoms with Gasteiger partial charge in [0.15, 0.2) is 5.65 Å². The largest absolute Gasteiger partial charge is 0.477 e. The van der Waals surface area contributed by atoms with Crippen LogP contribution >= 0.6 is 11.8 Å². The summed E-state index contributed by atoms with van der Waals surface area (Å²) in [5.41, 5.74) is 3.14. The molecular weight excluding hydrogens is 474 g/mol. The number of piperidine rings is 1. The highest BCUT2D eigenvalue weighted by molar-refractivity contribution is 7.99. The van der Waals surface area contributed by atoms with Gasteiger partial charge in [0.1, 0.15) is 16.9 Å². The third kappa shape index (κ3) is 3.80. The topological polar surface area (TPSA) is 99.8 Å². The quantitative estimate of drug-likeness (QED) is 0.422. The number of carboxylic acid groups (broad SMARTS) is 1. The molecule has 0 saturated carbocycles. The Morgan fingerprint density at radius 1 is 1.00 bits per heavy atom. The van der Waals surface area contributed by atoms with E-state index >= 15 is 0 Å². The molecule has 1 saturated heterocycles. The highest BCUT2D eigenvalue weighted by Gasteiger charge is 2.42. The van der Waals surface area contributed by atoms with Crippen molar-refractivity contribution in [2.75, 3.05) is 24.2 Å². The molecule has 2 aromatic heterocycles. The molecule has 36 heavy (non-hydrogen) atoms. The fourth-order valence-electron chi connectivity index (χ4n) is 5.24. The summed E-state index contributed by atoms with van der Waals surface area (Å²) in [5.74, 6) is 0.267. The van der Waals surface area contributed by atoms with Crippen molar-refractivity contribution in [3.8, 4) is 0 Å². The summed E-state index contributed by atoms with van der Waals surface area (Å²) in [4.78, 5) is 33.0. The van der Waals surface area contributed by atoms with Crippen molar-refractivity contribution in [1.29, 1.82) is 0 Å². The Hall–Kier alpha value is -3.85. The lowest BCUT2D eigenvalue weighted by atomic mass is 9.74. The minimum atomic E-state index is -1.11. The SMILES string of the molecule is O=C(O)c1cnn2c(NCc3ccccc3)c(C(=O)N3CCC4(CC3)CSc3ccccc34)cnc12. The van der Waals surface area contributed by atoms with Gasteiger partial charge in [0.2, 0.25) is 0 Å². The molecule has 2 aliphatic heterocycles. The lowest BCUT2D eigenvalue weighted by molar-refractivity contribution is 0.0676. The van der Waals surface area contributed by atoms with Crippen LogP contribution in [-0.2, 0) is 12.0 Å². The summed E-state index contributed by atoms with van der Waals surface area (Å²) < 4.78 is 1.43. The molecule has 1 spiro atoms. The van der Waals surface area contributed by atoms with E-state index in [-0.39, 0.29) is 22.5 Å². The van der Waals surface area contributed by atoms with Gasteiger partial charge in [-0.05, 0) is 30.0 Å². The van der Waals surface area contributed by atoms with Crippen LogP contribution in [0, 0.1) is 0 Å². The standard InChI is InChI=1S/C27H25N5O3S/c33-25(31-12-10-27(11-13-31)17-36-22-9-5-4-8-21(22)27)19-15-29-24-20(26(34)35)16-30-32(24)23(19)28-14-18-6-2-1-3-7-18/h1-9,15-16,28H,10-14,17H2,(H,34,35). The van der Waals surface area contributed by atoms with E-state index in [4.69, 9.17) is 0 Å². The summed E-state index contributed by atoms with van der Waals surface area (Å²) in [6.07, 6.45) is 4.57. The number of hydrogen-bond donors (Lipinski definition) is 2. The van der Waals surface area contributed by atoms with Crippen molar-refractivity contribution < 1.29 is 14.7 Å². The summed E-state index contributed by atoms with van der Waals surface area (Å²) in [7, 11) is 0. The fraction of sp³-hybridized carbons (Fsp3) is 0.259. The Bertz CT molecular complexity index is 1460. The second kappa shape index (κ2) is 8.98. The molecular formula is C27H25N5O3S. The van der Waals surface area contributed by atoms with Gasteiger partial charge in [-0.2, -0.15) is 9.61 Å². The van der Waals surface area contributed by atoms with Gasteiger partial charge in [-0.1, -0.05) is 48.5 Å². The summed E-state index contributed by atoms with van der Waals surface area (Å²) in [6.45, 7) is 1.77. The van der Waals surface area contributed by atoms with Gasteiger partial charge in [-0.25, -0.2) is 9.78 Å². The van der Waals surface area contributed by atoms with E-state index in [1.165, 1.54) is 27.4 Å². The zero-order valence-electron chi connectivity index (χ0n) is 19.6. The first-order valence-corrected chi connectivity index (χ1v) is 12.9. The van der Waals surface area contributed by atoms with Crippen LogP contribution in [0.25, 0.3) is 5.65 Å². The van der Waals surface area contributed by atoms with Gasteiger partial charge in [0.05, 0.1) is 6.20 Å². The highest BCUT2D eigenvalue weighted by Crippen LogP contribution is 2.49. The lowest BCUT2D eigenvalue weighted by Crippen LogP contribution is -2.45. The Morgan fingerprint density at radius 3 is 2.53 bits per heavy atom. The third-order valence-electron chi connectivity index (χ3n) is 7.26. The maximum absolute atomic E-state index is 13.7. The van der Waals surface area contributed by atoms with Crippen molar-refractivity contribution in [1.82, 2.24) is 19.5 Å². The number of carbonyl (C=O) groups is 2. The number of carbonyl (C=O) groups excluding carboxylic acids is 1. The Labute approximate surface area is 212 Å². The van der Waals surface area contributed by atoms with Crippen molar-refractivity contribution in [2.45, 2.75) is 29.7 Å². The van der Waals surface area contributed by atoms with Crippen LogP contribution in [0.2, 0.25) is 0 Å². The number of carboxylic acids is 1. The highest BCUT2D eigenvalue weighted by atomic mass is 32.2. The van der Waals surface area contributed by atoms with Crippen LogP contribution in [0.3, 0.4) is 0 Å². The minimum Gasteiger partial charge on any atom is -0.477 e. The summed E-state index contributed by atoms with van der Waals surface area (Å²) >= 11 is 1.91. The maximum atomic E-state index is 13.7. The third-order valence-corrected chi connectivity index (χ3v) is 8.62. The van der Waals surface area contributed by atoms with E-state index in [0.29, 0.717) is 31.0 Å². The van der Waals surface area contributed by atoms with E-state index < -0.39 is 5.97 Å². The van der Waals surface area contributed by atoms with Crippen molar-refractivity contribution in [3.63, 3.8) is 0 Å². The van der Waals surface area contributed by atoms with E-state index in [9.17, 15) is 14.7 Å². The minimum absolute atomic E-state index is 0.00549. The van der Waals surface area contributed by atoms with Crippen LogP contribution < -0.4 is 5.32 Å². The van der Waals surface area contributed by atoms with Crippen molar-refractivity contribution in [2.24, 2.45) is 0 Å². The lowest BCUT2D eigenvalue weighted by Gasteiger charge is -2.39. The predicted octanol–water partition coefficient (Wildman–Crippen LogP) is 4.32. The molecule has 182 valence electrons. The molecule has 2 N–H and O–H groups in total. The second-order valence-electron chi connectivity index (χ2n) is 9.32. The molecule has 1 fully saturated rings. The zero-order chi connectivity index (χ0) is 24.7. The Balaban J connectivity index is 1.29. The van der Waals surface area contributed by atoms with Gasteiger partial charge in [0, 0.05) is 41.9 Å². The molecule has 8 nitrogen and oxygen atoms in total. The molecule has 1 amide bonds. The van der Waals surface area contributed by atoms with E-state index in [1.54, 1.807) is 0 Å². The molecule has 0 atom stereocenters. The molecule has 6 rings (SSSR count). The molecule has 2 aromatic carbocycles. The first kappa shape index (κ1) is 22.6. The molecule has 2 aliphatic rings. The Kier molecular flexibility index (Phi) is 5.64. The number of nitrogens with zero attached hydrogens (tertiary/aromatic N) is 4. The van der Waals surface area contributed by atoms with Gasteiger partial charge in [-0.15, -0.1) is 11.8 Å². The number of aromatic carboxylic acids is 1. The number of nitrogens with one attached hydrogen (secondary N) is 1. The first-order valence-electron chi connectivity index (χ1n) is 12.0. The van der Waals surface area contributed by atoms with Crippen LogP contribution in [-0.4, -0.2) is 55.3 Å². The van der Waals surface area contributed by atoms with Gasteiger partial charge < -0.3 is 15.3 Å². The summed E-state index contributed by atoms with van der Waals surface area (Å²) in [6, 6.07) is 18.4. The zero-order valence-corrected chi connectivity index (χ0v) is 20.4. The van der Waals surface area contributed by atoms with Crippen LogP contribution in [0.4, 0.5) is 5.82 Å². The number of anilines is 1. The number of aromatic nitrogens is 3. The van der Waals surface area contributed by atoms with Crippen LogP contribution in [0.5, 0.6) is 0 Å². The van der Waals surface area contributed by atoms with Gasteiger partial charge >= 0.3 is 5.97 Å². The number of rotatable bonds is 5. The average Bonchev–Trinajstić information content (AvgIpc) is 3.51. The number of thioether (sulfide) groups is 1. The van der Waals surface area contributed by atoms with Gasteiger partial charge in [-0.3, -0.25) is 4.79 Å². The summed E-state index contributed by atoms with van der Waals surface area (Å²) in [5, 5.41) is 17.1. The van der Waals surface area contributed by atoms with E-state index in [2.05, 4.69) is 39.7 Å². The molecule has 0 aliphatic carbocycles. The first-order chi connectivity index (χ1) is 17.6. The molecule has 4 aromatic rings. The molecule has 9 heteroatoms. The second-order valence-corrected chi connectivity index (χ2v) is 10.3. The molecule has 0 unspecified atom stereocenters. The number of likely N-dealkylation sites (tertiary alicyclic amines) is 1. The van der Waals surface area contributed by atoms with Crippen LogP contribution in [0.1, 0.15) is 44.7 Å². The number of hydrogen-bond acceptors (Lipinski definition) is 6. The normalized spacial score (nSPS) is 16.3. The predicted molar refractivity (Wildman–Crippen MR) is 138 cm³/mol. The van der Waals surface area contributed by atoms with Crippen LogP contribution in [0.15, 0.2) is 71.9 Å². The fourth-order valence-corrected chi connectivity index (χ4v) is 6.73. The maximum Gasteiger partial charge on any atom is 0.341 e. The number of benzene rings is 2. The van der Waals surface area contributed by atoms with Crippen molar-refractivity contribution in [3.05, 3.63) is 89.2 Å². The van der Waals surface area contributed by atoms with E-state index in [1.807, 2.05) is 47.0 Å². The number of amides is 1. The average molecular weight is 500 g/mol. The molecule has 0 bridgehead atoms. The molecule has 4 heterocycles. The van der Waals surface area contributed by atoms with Gasteiger partial charge in [0.25, 0.3) is 5.91 Å².